The Balaban J connectivity index is 1.46. The van der Waals surface area contributed by atoms with Crippen LogP contribution in [0.1, 0.15) is 30.5 Å². The second-order valence-corrected chi connectivity index (χ2v) is 6.20. The molecule has 0 aliphatic carbocycles. The van der Waals surface area contributed by atoms with Gasteiger partial charge in [-0.25, -0.2) is 9.97 Å². The summed E-state index contributed by atoms with van der Waals surface area (Å²) in [6.45, 7) is 0.999. The van der Waals surface area contributed by atoms with Crippen molar-refractivity contribution in [1.29, 1.82) is 0 Å². The van der Waals surface area contributed by atoms with Crippen LogP contribution in [0.25, 0.3) is 11.2 Å². The van der Waals surface area contributed by atoms with Gasteiger partial charge in [-0.3, -0.25) is 9.48 Å². The zero-order valence-corrected chi connectivity index (χ0v) is 14.0. The lowest BCUT2D eigenvalue weighted by atomic mass is 9.91. The van der Waals surface area contributed by atoms with E-state index in [1.165, 1.54) is 0 Å². The third kappa shape index (κ3) is 3.12. The molecule has 0 aromatic carbocycles. The van der Waals surface area contributed by atoms with Crippen molar-refractivity contribution in [2.45, 2.75) is 25.5 Å². The number of amides is 1. The van der Waals surface area contributed by atoms with Crippen LogP contribution in [0.4, 0.5) is 0 Å². The molecule has 2 atom stereocenters. The molecule has 0 radical (unpaired) electrons. The molecule has 1 fully saturated rings. The highest BCUT2D eigenvalue weighted by Crippen LogP contribution is 2.33. The number of nitrogens with one attached hydrogen (secondary N) is 2. The van der Waals surface area contributed by atoms with Gasteiger partial charge in [0.05, 0.1) is 23.7 Å². The molecule has 1 aliphatic rings. The third-order valence-electron chi connectivity index (χ3n) is 4.55. The normalized spacial score (nSPS) is 20.7. The van der Waals surface area contributed by atoms with E-state index in [0.29, 0.717) is 24.6 Å². The Morgan fingerprint density at radius 3 is 3.16 bits per heavy atom. The summed E-state index contributed by atoms with van der Waals surface area (Å²) in [7, 11) is 1.86. The van der Waals surface area contributed by atoms with Crippen molar-refractivity contribution in [3.05, 3.63) is 42.1 Å². The van der Waals surface area contributed by atoms with E-state index in [9.17, 15) is 4.79 Å². The summed E-state index contributed by atoms with van der Waals surface area (Å²) in [5.41, 5.74) is 2.44. The van der Waals surface area contributed by atoms with Gasteiger partial charge in [-0.1, -0.05) is 0 Å². The van der Waals surface area contributed by atoms with E-state index in [1.807, 2.05) is 25.2 Å². The summed E-state index contributed by atoms with van der Waals surface area (Å²) in [6.07, 6.45) is 4.83. The predicted octanol–water partition coefficient (Wildman–Crippen LogP) is 1.48. The van der Waals surface area contributed by atoms with E-state index < -0.39 is 0 Å². The van der Waals surface area contributed by atoms with Gasteiger partial charge in [-0.2, -0.15) is 5.10 Å². The average molecular weight is 340 g/mol. The molecule has 4 rings (SSSR count). The number of hydrogen-bond donors (Lipinski definition) is 2. The van der Waals surface area contributed by atoms with Gasteiger partial charge in [0.2, 0.25) is 5.91 Å². The molecule has 0 spiro atoms. The number of carbonyl (C=O) groups is 1. The van der Waals surface area contributed by atoms with Crippen LogP contribution < -0.4 is 5.32 Å². The average Bonchev–Trinajstić information content (AvgIpc) is 3.25. The fraction of sp³-hybridized carbons (Fsp3) is 0.412. The minimum atomic E-state index is -0.265. The van der Waals surface area contributed by atoms with E-state index in [4.69, 9.17) is 4.74 Å². The number of H-pyrrole nitrogens is 1. The van der Waals surface area contributed by atoms with Crippen LogP contribution in [-0.2, 0) is 23.1 Å². The number of aryl methyl sites for hydroxylation is 1. The Kier molecular flexibility index (Phi) is 4.19. The quantitative estimate of drug-likeness (QED) is 0.750. The van der Waals surface area contributed by atoms with Crippen LogP contribution in [0.15, 0.2) is 30.6 Å². The van der Waals surface area contributed by atoms with Crippen LogP contribution in [-0.4, -0.2) is 37.2 Å². The van der Waals surface area contributed by atoms with Gasteiger partial charge in [0.25, 0.3) is 0 Å². The maximum atomic E-state index is 12.7. The van der Waals surface area contributed by atoms with Crippen molar-refractivity contribution in [3.8, 4) is 0 Å². The number of nitrogens with zero attached hydrogens (tertiary/aromatic N) is 4. The first-order valence-corrected chi connectivity index (χ1v) is 8.39. The van der Waals surface area contributed by atoms with Gasteiger partial charge in [-0.05, 0) is 31.0 Å². The smallest absolute Gasteiger partial charge is 0.226 e. The van der Waals surface area contributed by atoms with Gasteiger partial charge in [0.15, 0.2) is 5.65 Å². The largest absolute Gasteiger partial charge is 0.371 e. The lowest BCUT2D eigenvalue weighted by Crippen LogP contribution is -2.38. The first kappa shape index (κ1) is 15.8. The highest BCUT2D eigenvalue weighted by molar-refractivity contribution is 5.79. The Labute approximate surface area is 144 Å². The second kappa shape index (κ2) is 6.64. The number of imidazole rings is 1. The molecule has 1 amide bonds. The van der Waals surface area contributed by atoms with Crippen molar-refractivity contribution in [3.63, 3.8) is 0 Å². The maximum Gasteiger partial charge on any atom is 0.226 e. The lowest BCUT2D eigenvalue weighted by molar-refractivity contribution is -0.135. The first-order valence-electron chi connectivity index (χ1n) is 8.39. The van der Waals surface area contributed by atoms with E-state index in [-0.39, 0.29) is 17.9 Å². The molecule has 1 saturated heterocycles. The number of aromatic amines is 1. The van der Waals surface area contributed by atoms with E-state index in [2.05, 4.69) is 25.4 Å². The van der Waals surface area contributed by atoms with Crippen LogP contribution in [0, 0.1) is 5.92 Å². The molecule has 25 heavy (non-hydrogen) atoms. The molecule has 8 nitrogen and oxygen atoms in total. The van der Waals surface area contributed by atoms with E-state index in [0.717, 1.165) is 24.1 Å². The minimum Gasteiger partial charge on any atom is -0.371 e. The van der Waals surface area contributed by atoms with Gasteiger partial charge < -0.3 is 15.0 Å². The molecule has 0 saturated carbocycles. The third-order valence-corrected chi connectivity index (χ3v) is 4.55. The van der Waals surface area contributed by atoms with Crippen LogP contribution >= 0.6 is 0 Å². The molecule has 8 heteroatoms. The van der Waals surface area contributed by atoms with Crippen molar-refractivity contribution in [2.24, 2.45) is 13.0 Å². The van der Waals surface area contributed by atoms with Gasteiger partial charge in [-0.15, -0.1) is 0 Å². The standard InChI is InChI=1S/C17H20N6O2/c1-23-13(6-8-20-23)15-11(4-3-9-25-15)17(24)19-10-14-21-12-5-2-7-18-16(12)22-14/h2,5-8,11,15H,3-4,9-10H2,1H3,(H,19,24)(H,18,21,22)/t11-,15-/m1/s1. The van der Waals surface area contributed by atoms with Gasteiger partial charge in [0, 0.05) is 26.0 Å². The second-order valence-electron chi connectivity index (χ2n) is 6.20. The zero-order chi connectivity index (χ0) is 17.2. The molecule has 2 N–H and O–H groups in total. The van der Waals surface area contributed by atoms with Crippen molar-refractivity contribution in [1.82, 2.24) is 30.0 Å². The van der Waals surface area contributed by atoms with Crippen molar-refractivity contribution in [2.75, 3.05) is 6.61 Å². The fourth-order valence-corrected chi connectivity index (χ4v) is 3.28. The highest BCUT2D eigenvalue weighted by atomic mass is 16.5. The number of fused-ring (bicyclic) bond motifs is 1. The summed E-state index contributed by atoms with van der Waals surface area (Å²) in [4.78, 5) is 24.5. The maximum absolute atomic E-state index is 12.7. The number of pyridine rings is 1. The predicted molar refractivity (Wildman–Crippen MR) is 90.4 cm³/mol. The Hall–Kier alpha value is -2.74. The Bertz CT molecular complexity index is 853. The summed E-state index contributed by atoms with van der Waals surface area (Å²) < 4.78 is 7.65. The summed E-state index contributed by atoms with van der Waals surface area (Å²) in [5.74, 6) is 0.432. The van der Waals surface area contributed by atoms with E-state index in [1.54, 1.807) is 17.1 Å². The molecule has 3 aromatic heterocycles. The van der Waals surface area contributed by atoms with Gasteiger partial charge in [0.1, 0.15) is 11.9 Å². The van der Waals surface area contributed by atoms with Crippen LogP contribution in [0.2, 0.25) is 0 Å². The van der Waals surface area contributed by atoms with Crippen molar-refractivity contribution < 1.29 is 9.53 Å². The number of hydrogen-bond acceptors (Lipinski definition) is 5. The monoisotopic (exact) mass is 340 g/mol. The molecular formula is C17H20N6O2. The number of ether oxygens (including phenoxy) is 1. The number of rotatable bonds is 4. The van der Waals surface area contributed by atoms with Crippen LogP contribution in [0.5, 0.6) is 0 Å². The Morgan fingerprint density at radius 2 is 2.36 bits per heavy atom. The molecule has 4 heterocycles. The van der Waals surface area contributed by atoms with Gasteiger partial charge >= 0.3 is 0 Å². The zero-order valence-electron chi connectivity index (χ0n) is 14.0. The first-order chi connectivity index (χ1) is 12.2. The fourth-order valence-electron chi connectivity index (χ4n) is 3.28. The molecule has 0 unspecified atom stereocenters. The molecule has 3 aromatic rings. The van der Waals surface area contributed by atoms with E-state index >= 15 is 0 Å². The number of carbonyl (C=O) groups excluding carboxylic acids is 1. The Morgan fingerprint density at radius 1 is 1.44 bits per heavy atom. The minimum absolute atomic E-state index is 0.0284. The molecule has 0 bridgehead atoms. The molecular weight excluding hydrogens is 320 g/mol. The SMILES string of the molecule is Cn1nccc1[C@@H]1OCCC[C@H]1C(=O)NCc1nc2ncccc2[nH]1. The lowest BCUT2D eigenvalue weighted by Gasteiger charge is -2.30. The topological polar surface area (TPSA) is 97.7 Å². The summed E-state index contributed by atoms with van der Waals surface area (Å²) >= 11 is 0. The molecule has 130 valence electrons. The van der Waals surface area contributed by atoms with Crippen LogP contribution in [0.3, 0.4) is 0 Å². The number of aromatic nitrogens is 5. The molecule has 1 aliphatic heterocycles. The summed E-state index contributed by atoms with van der Waals surface area (Å²) in [6, 6.07) is 5.66. The summed E-state index contributed by atoms with van der Waals surface area (Å²) in [5, 5.41) is 7.16. The van der Waals surface area contributed by atoms with Crippen molar-refractivity contribution >= 4 is 17.1 Å². The highest BCUT2D eigenvalue weighted by Gasteiger charge is 2.34.